The summed E-state index contributed by atoms with van der Waals surface area (Å²) in [6.07, 6.45) is 0. The number of halogens is 2. The maximum atomic E-state index is 9.80. The average molecular weight is 216 g/mol. The lowest BCUT2D eigenvalue weighted by Crippen LogP contribution is -1.77. The normalized spacial score (nSPS) is 7.67. The Balaban J connectivity index is 3.57. The summed E-state index contributed by atoms with van der Waals surface area (Å²) in [6, 6.07) is 0. The molecule has 3 heteroatoms. The zero-order valence-electron chi connectivity index (χ0n) is 2.87. The highest BCUT2D eigenvalue weighted by Crippen LogP contribution is 2.04. The molecule has 0 amide bonds. The smallest absolute Gasteiger partial charge is 0.257 e. The van der Waals surface area contributed by atoms with Crippen LogP contribution in [0, 0.1) is 0 Å². The number of rotatable bonds is 1. The molecule has 0 rings (SSSR count). The molecule has 0 heterocycles. The van der Waals surface area contributed by atoms with Crippen LogP contribution in [-0.2, 0) is 4.79 Å². The van der Waals surface area contributed by atoms with E-state index in [4.69, 9.17) is 11.6 Å². The first-order valence-electron chi connectivity index (χ1n) is 1.19. The van der Waals surface area contributed by atoms with Crippen LogP contribution in [0.1, 0.15) is 0 Å². The third kappa shape index (κ3) is 2.66. The van der Waals surface area contributed by atoms with E-state index in [2.05, 4.69) is 6.58 Å². The van der Waals surface area contributed by atoms with Crippen molar-refractivity contribution in [2.75, 3.05) is 0 Å². The second kappa shape index (κ2) is 2.58. The van der Waals surface area contributed by atoms with Crippen molar-refractivity contribution >= 4 is 39.4 Å². The number of carbonyl (C=O) groups is 1. The lowest BCUT2D eigenvalue weighted by molar-refractivity contribution is -0.107. The van der Waals surface area contributed by atoms with Gasteiger partial charge in [0.2, 0.25) is 0 Å². The first kappa shape index (κ1) is 6.43. The molecule has 0 aliphatic heterocycles. The molecule has 6 heavy (non-hydrogen) atoms. The molecule has 0 atom stereocenters. The van der Waals surface area contributed by atoms with Crippen molar-refractivity contribution in [1.29, 1.82) is 0 Å². The van der Waals surface area contributed by atoms with E-state index in [1.165, 1.54) is 0 Å². The highest BCUT2D eigenvalue weighted by atomic mass is 127. The standard InChI is InChI=1S/C3H2ClIO/c1-2(5)3(4)6/h1H2. The summed E-state index contributed by atoms with van der Waals surface area (Å²) >= 11 is 6.62. The highest BCUT2D eigenvalue weighted by Gasteiger charge is 1.92. The van der Waals surface area contributed by atoms with Gasteiger partial charge in [-0.2, -0.15) is 0 Å². The topological polar surface area (TPSA) is 17.1 Å². The van der Waals surface area contributed by atoms with Crippen molar-refractivity contribution in [2.24, 2.45) is 0 Å². The van der Waals surface area contributed by atoms with Crippen LogP contribution in [0.2, 0.25) is 0 Å². The molecule has 34 valence electrons. The van der Waals surface area contributed by atoms with Gasteiger partial charge in [-0.05, 0) is 34.2 Å². The summed E-state index contributed by atoms with van der Waals surface area (Å²) < 4.78 is 0.356. The van der Waals surface area contributed by atoms with Gasteiger partial charge in [-0.1, -0.05) is 6.58 Å². The molecule has 0 N–H and O–H groups in total. The number of carbonyl (C=O) groups excluding carboxylic acids is 1. The Morgan fingerprint density at radius 3 is 2.00 bits per heavy atom. The molecule has 0 aromatic rings. The Bertz CT molecular complexity index is 76.8. The fourth-order valence-corrected chi connectivity index (χ4v) is 0. The minimum absolute atomic E-state index is 0.356. The summed E-state index contributed by atoms with van der Waals surface area (Å²) in [5, 5.41) is -0.476. The van der Waals surface area contributed by atoms with Crippen LogP contribution in [0.5, 0.6) is 0 Å². The molecule has 1 nitrogen and oxygen atoms in total. The molecular formula is C3H2ClIO. The maximum absolute atomic E-state index is 9.80. The molecule has 0 unspecified atom stereocenters. The van der Waals surface area contributed by atoms with Crippen LogP contribution in [0.25, 0.3) is 0 Å². The van der Waals surface area contributed by atoms with Crippen molar-refractivity contribution in [3.63, 3.8) is 0 Å². The van der Waals surface area contributed by atoms with Gasteiger partial charge in [-0.25, -0.2) is 0 Å². The largest absolute Gasteiger partial charge is 0.275 e. The van der Waals surface area contributed by atoms with Crippen molar-refractivity contribution in [3.05, 3.63) is 10.2 Å². The number of hydrogen-bond acceptors (Lipinski definition) is 1. The second-order valence-corrected chi connectivity index (χ2v) is 2.32. The van der Waals surface area contributed by atoms with Gasteiger partial charge in [0.1, 0.15) is 0 Å². The Morgan fingerprint density at radius 1 is 1.83 bits per heavy atom. The molecule has 0 spiro atoms. The summed E-state index contributed by atoms with van der Waals surface area (Å²) in [5.74, 6) is 0. The molecular weight excluding hydrogens is 214 g/mol. The van der Waals surface area contributed by atoms with Crippen molar-refractivity contribution in [1.82, 2.24) is 0 Å². The van der Waals surface area contributed by atoms with Crippen molar-refractivity contribution in [2.45, 2.75) is 0 Å². The van der Waals surface area contributed by atoms with Gasteiger partial charge >= 0.3 is 0 Å². The highest BCUT2D eigenvalue weighted by molar-refractivity contribution is 14.1. The number of hydrogen-bond donors (Lipinski definition) is 0. The van der Waals surface area contributed by atoms with Crippen LogP contribution >= 0.6 is 34.2 Å². The van der Waals surface area contributed by atoms with Gasteiger partial charge in [0.15, 0.2) is 0 Å². The molecule has 0 aromatic heterocycles. The molecule has 0 aliphatic carbocycles. The monoisotopic (exact) mass is 216 g/mol. The summed E-state index contributed by atoms with van der Waals surface area (Å²) in [4.78, 5) is 9.80. The number of allylic oxidation sites excluding steroid dienone is 1. The Morgan fingerprint density at radius 2 is 2.00 bits per heavy atom. The summed E-state index contributed by atoms with van der Waals surface area (Å²) in [6.45, 7) is 3.26. The maximum Gasteiger partial charge on any atom is 0.257 e. The van der Waals surface area contributed by atoms with Crippen LogP contribution in [-0.4, -0.2) is 5.24 Å². The summed E-state index contributed by atoms with van der Waals surface area (Å²) in [5.41, 5.74) is 0. The predicted octanol–water partition coefficient (Wildman–Crippen LogP) is 1.70. The lowest BCUT2D eigenvalue weighted by atomic mass is 10.7. The van der Waals surface area contributed by atoms with Gasteiger partial charge in [0.25, 0.3) is 5.24 Å². The zero-order chi connectivity index (χ0) is 5.15. The van der Waals surface area contributed by atoms with Gasteiger partial charge in [0, 0.05) is 0 Å². The summed E-state index contributed by atoms with van der Waals surface area (Å²) in [7, 11) is 0. The Hall–Kier alpha value is 0.430. The first-order valence-corrected chi connectivity index (χ1v) is 2.64. The zero-order valence-corrected chi connectivity index (χ0v) is 5.78. The van der Waals surface area contributed by atoms with E-state index in [-0.39, 0.29) is 0 Å². The van der Waals surface area contributed by atoms with E-state index in [9.17, 15) is 4.79 Å². The Labute approximate surface area is 54.5 Å². The van der Waals surface area contributed by atoms with Crippen molar-refractivity contribution in [3.8, 4) is 0 Å². The van der Waals surface area contributed by atoms with Crippen LogP contribution < -0.4 is 0 Å². The van der Waals surface area contributed by atoms with E-state index >= 15 is 0 Å². The molecule has 0 saturated carbocycles. The Kier molecular flexibility index (Phi) is 2.76. The van der Waals surface area contributed by atoms with Crippen LogP contribution in [0.3, 0.4) is 0 Å². The molecule has 0 aromatic carbocycles. The molecule has 0 saturated heterocycles. The van der Waals surface area contributed by atoms with Gasteiger partial charge in [-0.3, -0.25) is 4.79 Å². The van der Waals surface area contributed by atoms with Gasteiger partial charge in [0.05, 0.1) is 3.58 Å². The lowest BCUT2D eigenvalue weighted by Gasteiger charge is -1.75. The molecule has 0 fully saturated rings. The van der Waals surface area contributed by atoms with Gasteiger partial charge < -0.3 is 0 Å². The van der Waals surface area contributed by atoms with E-state index in [0.29, 0.717) is 3.58 Å². The average Bonchev–Trinajstić information content (AvgIpc) is 1.36. The first-order chi connectivity index (χ1) is 2.64. The van der Waals surface area contributed by atoms with E-state index in [0.717, 1.165) is 0 Å². The molecule has 0 aliphatic rings. The van der Waals surface area contributed by atoms with E-state index in [1.54, 1.807) is 22.6 Å². The fraction of sp³-hybridized carbons (Fsp3) is 0. The van der Waals surface area contributed by atoms with Crippen LogP contribution in [0.15, 0.2) is 10.2 Å². The van der Waals surface area contributed by atoms with Crippen molar-refractivity contribution < 1.29 is 4.79 Å². The molecule has 0 bridgehead atoms. The fourth-order valence-electron chi connectivity index (χ4n) is 0. The quantitative estimate of drug-likeness (QED) is 0.370. The predicted molar refractivity (Wildman–Crippen MR) is 34.0 cm³/mol. The minimum atomic E-state index is -0.476. The van der Waals surface area contributed by atoms with Gasteiger partial charge in [-0.15, -0.1) is 0 Å². The van der Waals surface area contributed by atoms with E-state index in [1.807, 2.05) is 0 Å². The third-order valence-corrected chi connectivity index (χ3v) is 1.25. The third-order valence-electron chi connectivity index (χ3n) is 0.213. The van der Waals surface area contributed by atoms with E-state index < -0.39 is 5.24 Å². The SMILES string of the molecule is C=C(I)C(=O)Cl. The minimum Gasteiger partial charge on any atom is -0.275 e. The second-order valence-electron chi connectivity index (χ2n) is 0.679. The molecule has 0 radical (unpaired) electrons. The van der Waals surface area contributed by atoms with Crippen LogP contribution in [0.4, 0.5) is 0 Å².